The minimum Gasteiger partial charge on any atom is -0.467 e. The number of carbonyl (C=O) groups excluding carboxylic acids is 3. The lowest BCUT2D eigenvalue weighted by Crippen LogP contribution is -2.50. The molecule has 0 bridgehead atoms. The van der Waals surface area contributed by atoms with E-state index in [1.807, 2.05) is 60.7 Å². The van der Waals surface area contributed by atoms with Crippen molar-refractivity contribution >= 4 is 28.7 Å². The van der Waals surface area contributed by atoms with Crippen LogP contribution >= 0.6 is 0 Å². The number of hydrogen-bond acceptors (Lipinski definition) is 4. The van der Waals surface area contributed by atoms with Gasteiger partial charge >= 0.3 is 5.97 Å². The van der Waals surface area contributed by atoms with Crippen molar-refractivity contribution in [3.05, 3.63) is 71.9 Å². The molecular weight excluding hydrogens is 406 g/mol. The molecule has 3 aromatic rings. The number of benzene rings is 2. The number of likely N-dealkylation sites (tertiary alicyclic amines) is 1. The second-order valence-electron chi connectivity index (χ2n) is 8.13. The summed E-state index contributed by atoms with van der Waals surface area (Å²) < 4.78 is 4.90. The number of esters is 1. The Morgan fingerprint density at radius 1 is 1.12 bits per heavy atom. The van der Waals surface area contributed by atoms with Crippen LogP contribution in [0, 0.1) is 5.92 Å². The van der Waals surface area contributed by atoms with Crippen LogP contribution in [0.5, 0.6) is 0 Å². The Hall–Kier alpha value is -3.61. The highest BCUT2D eigenvalue weighted by atomic mass is 16.5. The number of amides is 2. The molecule has 7 heteroatoms. The van der Waals surface area contributed by atoms with Crippen molar-refractivity contribution in [2.75, 3.05) is 20.2 Å². The maximum Gasteiger partial charge on any atom is 0.328 e. The van der Waals surface area contributed by atoms with Crippen molar-refractivity contribution in [3.63, 3.8) is 0 Å². The first-order valence-electron chi connectivity index (χ1n) is 10.8. The van der Waals surface area contributed by atoms with E-state index in [0.717, 1.165) is 22.9 Å². The van der Waals surface area contributed by atoms with Crippen LogP contribution in [-0.2, 0) is 20.7 Å². The van der Waals surface area contributed by atoms with Crippen molar-refractivity contribution in [1.82, 2.24) is 15.2 Å². The van der Waals surface area contributed by atoms with Gasteiger partial charge in [0.2, 0.25) is 5.91 Å². The van der Waals surface area contributed by atoms with Crippen LogP contribution in [0.4, 0.5) is 0 Å². The van der Waals surface area contributed by atoms with E-state index >= 15 is 0 Å². The lowest BCUT2D eigenvalue weighted by Gasteiger charge is -2.32. The number of hydrogen-bond donors (Lipinski definition) is 2. The Morgan fingerprint density at radius 3 is 2.62 bits per heavy atom. The zero-order valence-corrected chi connectivity index (χ0v) is 18.0. The van der Waals surface area contributed by atoms with Gasteiger partial charge in [-0.05, 0) is 30.5 Å². The van der Waals surface area contributed by atoms with Crippen molar-refractivity contribution in [3.8, 4) is 0 Å². The number of aromatic amines is 1. The van der Waals surface area contributed by atoms with Crippen LogP contribution in [-0.4, -0.2) is 53.9 Å². The van der Waals surface area contributed by atoms with Crippen LogP contribution in [0.25, 0.3) is 10.9 Å². The zero-order valence-electron chi connectivity index (χ0n) is 18.0. The summed E-state index contributed by atoms with van der Waals surface area (Å²) in [4.78, 5) is 43.2. The third-order valence-corrected chi connectivity index (χ3v) is 5.92. The van der Waals surface area contributed by atoms with Crippen LogP contribution < -0.4 is 5.32 Å². The first-order valence-corrected chi connectivity index (χ1v) is 10.8. The monoisotopic (exact) mass is 433 g/mol. The van der Waals surface area contributed by atoms with Crippen molar-refractivity contribution in [2.45, 2.75) is 25.3 Å². The predicted octanol–water partition coefficient (Wildman–Crippen LogP) is 2.92. The Morgan fingerprint density at radius 2 is 1.88 bits per heavy atom. The molecule has 0 saturated carbocycles. The molecule has 2 aromatic carbocycles. The van der Waals surface area contributed by atoms with Crippen molar-refractivity contribution in [2.24, 2.45) is 5.92 Å². The Kier molecular flexibility index (Phi) is 6.54. The number of piperidine rings is 1. The number of nitrogens with one attached hydrogen (secondary N) is 2. The van der Waals surface area contributed by atoms with Gasteiger partial charge in [0.1, 0.15) is 11.7 Å². The summed E-state index contributed by atoms with van der Waals surface area (Å²) in [5.74, 6) is -1.21. The molecule has 2 heterocycles. The fourth-order valence-corrected chi connectivity index (χ4v) is 4.21. The number of nitrogens with zero attached hydrogens (tertiary/aromatic N) is 1. The molecule has 2 amide bonds. The molecule has 0 radical (unpaired) electrons. The van der Waals surface area contributed by atoms with Gasteiger partial charge in [-0.25, -0.2) is 4.79 Å². The smallest absolute Gasteiger partial charge is 0.328 e. The second-order valence-corrected chi connectivity index (χ2v) is 8.13. The summed E-state index contributed by atoms with van der Waals surface area (Å²) in [6.45, 7) is 0.918. The topological polar surface area (TPSA) is 91.5 Å². The molecule has 4 rings (SSSR count). The zero-order chi connectivity index (χ0) is 22.5. The van der Waals surface area contributed by atoms with Gasteiger partial charge in [-0.15, -0.1) is 0 Å². The fourth-order valence-electron chi connectivity index (χ4n) is 4.21. The van der Waals surface area contributed by atoms with Crippen LogP contribution in [0.1, 0.15) is 28.9 Å². The van der Waals surface area contributed by atoms with Gasteiger partial charge in [-0.2, -0.15) is 0 Å². The number of aromatic nitrogens is 1. The highest BCUT2D eigenvalue weighted by Crippen LogP contribution is 2.21. The summed E-state index contributed by atoms with van der Waals surface area (Å²) in [7, 11) is 1.31. The molecule has 2 unspecified atom stereocenters. The van der Waals surface area contributed by atoms with E-state index in [9.17, 15) is 14.4 Å². The molecule has 32 heavy (non-hydrogen) atoms. The molecule has 1 aliphatic rings. The maximum absolute atomic E-state index is 13.0. The number of para-hydroxylation sites is 1. The number of methoxy groups -OCH3 is 1. The van der Waals surface area contributed by atoms with Gasteiger partial charge in [0, 0.05) is 30.4 Å². The normalized spacial score (nSPS) is 17.0. The lowest BCUT2D eigenvalue weighted by molar-refractivity contribution is -0.145. The first-order chi connectivity index (χ1) is 15.5. The van der Waals surface area contributed by atoms with Gasteiger partial charge in [-0.1, -0.05) is 48.5 Å². The first kappa shape index (κ1) is 21.6. The number of H-pyrrole nitrogens is 1. The number of carbonyl (C=O) groups is 3. The van der Waals surface area contributed by atoms with Crippen LogP contribution in [0.3, 0.4) is 0 Å². The fraction of sp³-hybridized carbons (Fsp3) is 0.320. The SMILES string of the molecule is COC(=O)C(Cc1ccccc1)NC(=O)C1CCCN(C(=O)c2cc3ccccc3[nH]2)C1. The van der Waals surface area contributed by atoms with Crippen LogP contribution in [0.2, 0.25) is 0 Å². The van der Waals surface area contributed by atoms with Crippen molar-refractivity contribution < 1.29 is 19.1 Å². The third kappa shape index (κ3) is 4.82. The van der Waals surface area contributed by atoms with E-state index in [2.05, 4.69) is 10.3 Å². The van der Waals surface area contributed by atoms with E-state index in [-0.39, 0.29) is 17.7 Å². The Balaban J connectivity index is 1.42. The number of rotatable bonds is 6. The van der Waals surface area contributed by atoms with Gasteiger partial charge in [-0.3, -0.25) is 9.59 Å². The Labute approximate surface area is 186 Å². The summed E-state index contributed by atoms with van der Waals surface area (Å²) in [5.41, 5.74) is 2.36. The average Bonchev–Trinajstić information content (AvgIpc) is 3.27. The highest BCUT2D eigenvalue weighted by molar-refractivity contribution is 5.98. The minimum absolute atomic E-state index is 0.118. The van der Waals surface area contributed by atoms with Gasteiger partial charge in [0.05, 0.1) is 13.0 Å². The molecule has 1 fully saturated rings. The third-order valence-electron chi connectivity index (χ3n) is 5.92. The molecule has 1 aromatic heterocycles. The molecule has 7 nitrogen and oxygen atoms in total. The molecular formula is C25H27N3O4. The summed E-state index contributed by atoms with van der Waals surface area (Å²) in [6.07, 6.45) is 1.75. The maximum atomic E-state index is 13.0. The van der Waals surface area contributed by atoms with Gasteiger partial charge in [0.25, 0.3) is 5.91 Å². The Bertz CT molecular complexity index is 1080. The summed E-state index contributed by atoms with van der Waals surface area (Å²) in [6, 6.07) is 18.3. The minimum atomic E-state index is -0.769. The van der Waals surface area contributed by atoms with E-state index in [4.69, 9.17) is 4.74 Å². The van der Waals surface area contributed by atoms with Gasteiger partial charge in [0.15, 0.2) is 0 Å². The largest absolute Gasteiger partial charge is 0.467 e. The highest BCUT2D eigenvalue weighted by Gasteiger charge is 2.32. The predicted molar refractivity (Wildman–Crippen MR) is 121 cm³/mol. The van der Waals surface area contributed by atoms with E-state index in [1.54, 1.807) is 4.90 Å². The van der Waals surface area contributed by atoms with Gasteiger partial charge < -0.3 is 19.9 Å². The number of ether oxygens (including phenoxy) is 1. The van der Waals surface area contributed by atoms with E-state index < -0.39 is 12.0 Å². The number of fused-ring (bicyclic) bond motifs is 1. The molecule has 0 spiro atoms. The molecule has 0 aliphatic carbocycles. The molecule has 2 atom stereocenters. The van der Waals surface area contributed by atoms with Crippen LogP contribution in [0.15, 0.2) is 60.7 Å². The summed E-state index contributed by atoms with van der Waals surface area (Å²) >= 11 is 0. The quantitative estimate of drug-likeness (QED) is 0.585. The standard InChI is InChI=1S/C25H27N3O4/c1-32-25(31)22(14-17-8-3-2-4-9-17)27-23(29)19-11-7-13-28(16-19)24(30)21-15-18-10-5-6-12-20(18)26-21/h2-6,8-10,12,15,19,22,26H,7,11,13-14,16H2,1H3,(H,27,29). The summed E-state index contributed by atoms with van der Waals surface area (Å²) in [5, 5.41) is 3.82. The van der Waals surface area contributed by atoms with Crippen molar-refractivity contribution in [1.29, 1.82) is 0 Å². The van der Waals surface area contributed by atoms with E-state index in [1.165, 1.54) is 7.11 Å². The molecule has 166 valence electrons. The molecule has 2 N–H and O–H groups in total. The second kappa shape index (κ2) is 9.68. The molecule has 1 aliphatic heterocycles. The lowest BCUT2D eigenvalue weighted by atomic mass is 9.96. The molecule has 1 saturated heterocycles. The average molecular weight is 434 g/mol. The van der Waals surface area contributed by atoms with E-state index in [0.29, 0.717) is 31.6 Å².